The molecule has 2 nitrogen and oxygen atoms in total. The van der Waals surface area contributed by atoms with Gasteiger partial charge in [0.1, 0.15) is 0 Å². The minimum Gasteiger partial charge on any atom is -0.383 e. The van der Waals surface area contributed by atoms with Gasteiger partial charge >= 0.3 is 0 Å². The molecule has 0 unspecified atom stereocenters. The summed E-state index contributed by atoms with van der Waals surface area (Å²) < 4.78 is 5.03. The van der Waals surface area contributed by atoms with Crippen LogP contribution in [0.4, 0.5) is 0 Å². The van der Waals surface area contributed by atoms with Crippen molar-refractivity contribution in [2.24, 2.45) is 5.73 Å². The normalized spacial score (nSPS) is 12.9. The van der Waals surface area contributed by atoms with Crippen LogP contribution >= 0.6 is 0 Å². The van der Waals surface area contributed by atoms with Crippen LogP contribution in [-0.4, -0.2) is 13.7 Å². The number of hydrogen-bond acceptors (Lipinski definition) is 2. The van der Waals surface area contributed by atoms with Gasteiger partial charge in [0.25, 0.3) is 0 Å². The molecule has 0 aliphatic heterocycles. The van der Waals surface area contributed by atoms with E-state index in [0.717, 1.165) is 0 Å². The van der Waals surface area contributed by atoms with Crippen LogP contribution in [0.5, 0.6) is 0 Å². The zero-order valence-electron chi connectivity index (χ0n) is 8.50. The summed E-state index contributed by atoms with van der Waals surface area (Å²) in [5, 5.41) is 0. The van der Waals surface area contributed by atoms with Crippen molar-refractivity contribution >= 4 is 0 Å². The third-order valence-electron chi connectivity index (χ3n) is 2.39. The summed E-state index contributed by atoms with van der Waals surface area (Å²) in [4.78, 5) is 0. The Labute approximate surface area is 79.7 Å². The van der Waals surface area contributed by atoms with E-state index in [-0.39, 0.29) is 6.04 Å². The Kier molecular flexibility index (Phi) is 3.46. The van der Waals surface area contributed by atoms with Gasteiger partial charge in [-0.3, -0.25) is 0 Å². The molecular formula is C11H17NO. The monoisotopic (exact) mass is 179 g/mol. The fourth-order valence-electron chi connectivity index (χ4n) is 1.44. The van der Waals surface area contributed by atoms with Crippen LogP contribution in [-0.2, 0) is 4.74 Å². The van der Waals surface area contributed by atoms with Gasteiger partial charge in [-0.1, -0.05) is 18.2 Å². The molecule has 1 atom stereocenters. The van der Waals surface area contributed by atoms with Gasteiger partial charge in [0.2, 0.25) is 0 Å². The minimum atomic E-state index is -0.00935. The number of methoxy groups -OCH3 is 1. The largest absolute Gasteiger partial charge is 0.383 e. The first-order chi connectivity index (χ1) is 6.16. The maximum absolute atomic E-state index is 5.95. The van der Waals surface area contributed by atoms with Crippen molar-refractivity contribution in [3.8, 4) is 0 Å². The lowest BCUT2D eigenvalue weighted by Crippen LogP contribution is -2.17. The number of nitrogens with two attached hydrogens (primary N) is 1. The highest BCUT2D eigenvalue weighted by atomic mass is 16.5. The molecule has 0 aliphatic carbocycles. The summed E-state index contributed by atoms with van der Waals surface area (Å²) in [5.74, 6) is 0. The van der Waals surface area contributed by atoms with Crippen LogP contribution in [0.3, 0.4) is 0 Å². The van der Waals surface area contributed by atoms with Gasteiger partial charge in [-0.2, -0.15) is 0 Å². The molecule has 0 spiro atoms. The molecule has 13 heavy (non-hydrogen) atoms. The van der Waals surface area contributed by atoms with E-state index in [1.807, 2.05) is 6.07 Å². The van der Waals surface area contributed by atoms with Gasteiger partial charge in [0.15, 0.2) is 0 Å². The summed E-state index contributed by atoms with van der Waals surface area (Å²) in [6, 6.07) is 6.18. The first-order valence-electron chi connectivity index (χ1n) is 4.47. The quantitative estimate of drug-likeness (QED) is 0.769. The summed E-state index contributed by atoms with van der Waals surface area (Å²) in [7, 11) is 1.67. The van der Waals surface area contributed by atoms with E-state index in [4.69, 9.17) is 10.5 Å². The lowest BCUT2D eigenvalue weighted by molar-refractivity contribution is 0.180. The Morgan fingerprint density at radius 2 is 2.08 bits per heavy atom. The fraction of sp³-hybridized carbons (Fsp3) is 0.455. The molecule has 0 radical (unpaired) electrons. The van der Waals surface area contributed by atoms with Crippen LogP contribution in [0, 0.1) is 13.8 Å². The molecule has 0 aromatic heterocycles. The Hall–Kier alpha value is -0.860. The lowest BCUT2D eigenvalue weighted by Gasteiger charge is -2.14. The highest BCUT2D eigenvalue weighted by Gasteiger charge is 2.08. The molecule has 0 aliphatic rings. The van der Waals surface area contributed by atoms with Crippen LogP contribution in [0.1, 0.15) is 22.7 Å². The third kappa shape index (κ3) is 2.29. The standard InChI is InChI=1S/C11H17NO/c1-8-5-4-6-10(9(8)2)11(12)7-13-3/h4-6,11H,7,12H2,1-3H3/t11-/m1/s1. The van der Waals surface area contributed by atoms with Crippen molar-refractivity contribution in [1.29, 1.82) is 0 Å². The van der Waals surface area contributed by atoms with E-state index in [1.165, 1.54) is 16.7 Å². The SMILES string of the molecule is COC[C@@H](N)c1cccc(C)c1C. The van der Waals surface area contributed by atoms with Crippen molar-refractivity contribution in [1.82, 2.24) is 0 Å². The van der Waals surface area contributed by atoms with Crippen molar-refractivity contribution in [3.05, 3.63) is 34.9 Å². The molecule has 0 amide bonds. The van der Waals surface area contributed by atoms with Gasteiger partial charge in [0, 0.05) is 7.11 Å². The molecule has 72 valence electrons. The fourth-order valence-corrected chi connectivity index (χ4v) is 1.44. The van der Waals surface area contributed by atoms with Gasteiger partial charge in [0.05, 0.1) is 12.6 Å². The highest BCUT2D eigenvalue weighted by Crippen LogP contribution is 2.18. The molecule has 0 bridgehead atoms. The maximum Gasteiger partial charge on any atom is 0.0655 e. The van der Waals surface area contributed by atoms with Gasteiger partial charge in [-0.25, -0.2) is 0 Å². The smallest absolute Gasteiger partial charge is 0.0655 e. The summed E-state index contributed by atoms with van der Waals surface area (Å²) in [5.41, 5.74) is 9.68. The number of ether oxygens (including phenoxy) is 1. The van der Waals surface area contributed by atoms with Crippen molar-refractivity contribution in [2.75, 3.05) is 13.7 Å². The first-order valence-corrected chi connectivity index (χ1v) is 4.47. The molecule has 1 aromatic carbocycles. The van der Waals surface area contributed by atoms with Crippen molar-refractivity contribution < 1.29 is 4.74 Å². The maximum atomic E-state index is 5.95. The zero-order valence-corrected chi connectivity index (χ0v) is 8.50. The molecule has 0 saturated carbocycles. The van der Waals surface area contributed by atoms with Gasteiger partial charge in [-0.05, 0) is 30.5 Å². The predicted octanol–water partition coefficient (Wildman–Crippen LogP) is 1.95. The molecule has 1 aromatic rings. The van der Waals surface area contributed by atoms with E-state index in [9.17, 15) is 0 Å². The number of hydrogen-bond donors (Lipinski definition) is 1. The number of aryl methyl sites for hydroxylation is 1. The molecule has 2 heteroatoms. The van der Waals surface area contributed by atoms with E-state index >= 15 is 0 Å². The molecule has 0 saturated heterocycles. The number of benzene rings is 1. The number of rotatable bonds is 3. The second-order valence-corrected chi connectivity index (χ2v) is 3.35. The summed E-state index contributed by atoms with van der Waals surface area (Å²) in [6.45, 7) is 4.77. The Morgan fingerprint density at radius 3 is 2.69 bits per heavy atom. The molecule has 0 fully saturated rings. The van der Waals surface area contributed by atoms with E-state index in [2.05, 4.69) is 26.0 Å². The Bertz CT molecular complexity index is 283. The van der Waals surface area contributed by atoms with Crippen LogP contribution in [0.2, 0.25) is 0 Å². The highest BCUT2D eigenvalue weighted by molar-refractivity contribution is 5.35. The van der Waals surface area contributed by atoms with Crippen molar-refractivity contribution in [3.63, 3.8) is 0 Å². The average molecular weight is 179 g/mol. The molecular weight excluding hydrogens is 162 g/mol. The van der Waals surface area contributed by atoms with Crippen LogP contribution < -0.4 is 5.73 Å². The molecule has 1 rings (SSSR count). The minimum absolute atomic E-state index is 0.00935. The van der Waals surface area contributed by atoms with E-state index < -0.39 is 0 Å². The van der Waals surface area contributed by atoms with E-state index in [1.54, 1.807) is 7.11 Å². The Morgan fingerprint density at radius 1 is 1.38 bits per heavy atom. The van der Waals surface area contributed by atoms with Crippen molar-refractivity contribution in [2.45, 2.75) is 19.9 Å². The topological polar surface area (TPSA) is 35.2 Å². The zero-order chi connectivity index (χ0) is 9.84. The van der Waals surface area contributed by atoms with Gasteiger partial charge in [-0.15, -0.1) is 0 Å². The first kappa shape index (κ1) is 10.2. The van der Waals surface area contributed by atoms with E-state index in [0.29, 0.717) is 6.61 Å². The average Bonchev–Trinajstić information content (AvgIpc) is 2.10. The van der Waals surface area contributed by atoms with Crippen LogP contribution in [0.15, 0.2) is 18.2 Å². The lowest BCUT2D eigenvalue weighted by atomic mass is 9.98. The van der Waals surface area contributed by atoms with Gasteiger partial charge < -0.3 is 10.5 Å². The second-order valence-electron chi connectivity index (χ2n) is 3.35. The summed E-state index contributed by atoms with van der Waals surface area (Å²) >= 11 is 0. The predicted molar refractivity (Wildman–Crippen MR) is 54.7 cm³/mol. The summed E-state index contributed by atoms with van der Waals surface area (Å²) in [6.07, 6.45) is 0. The third-order valence-corrected chi connectivity index (χ3v) is 2.39. The molecule has 2 N–H and O–H groups in total. The second kappa shape index (κ2) is 4.40. The Balaban J connectivity index is 2.93. The van der Waals surface area contributed by atoms with Crippen LogP contribution in [0.25, 0.3) is 0 Å². The molecule has 0 heterocycles.